The zero-order valence-electron chi connectivity index (χ0n) is 20.7. The van der Waals surface area contributed by atoms with Crippen LogP contribution in [0.3, 0.4) is 0 Å². The molecule has 0 spiro atoms. The molecule has 192 valence electrons. The number of benzene rings is 2. The number of aliphatic hydroxyl groups excluding tert-OH is 1. The first-order valence-electron chi connectivity index (χ1n) is 11.9. The number of pyridine rings is 2. The third-order valence-electron chi connectivity index (χ3n) is 6.26. The fourth-order valence-corrected chi connectivity index (χ4v) is 4.46. The molecule has 0 aliphatic heterocycles. The maximum atomic E-state index is 14.2. The molecule has 38 heavy (non-hydrogen) atoms. The normalized spacial score (nSPS) is 12.0. The van der Waals surface area contributed by atoms with Crippen LogP contribution in [0.5, 0.6) is 5.88 Å². The van der Waals surface area contributed by atoms with Crippen LogP contribution in [0.15, 0.2) is 83.9 Å². The number of para-hydroxylation sites is 1. The van der Waals surface area contributed by atoms with E-state index in [9.17, 15) is 15.0 Å². The summed E-state index contributed by atoms with van der Waals surface area (Å²) in [5.74, 6) is 0.577. The molecule has 5 rings (SSSR count). The summed E-state index contributed by atoms with van der Waals surface area (Å²) < 4.78 is 6.94. The van der Waals surface area contributed by atoms with Crippen molar-refractivity contribution in [1.29, 1.82) is 0 Å². The third-order valence-corrected chi connectivity index (χ3v) is 6.26. The number of aliphatic hydroxyl groups is 2. The number of fused-ring (bicyclic) bond motifs is 1. The molecule has 0 aliphatic carbocycles. The Bertz CT molecular complexity index is 1670. The number of hydrogen-bond donors (Lipinski definition) is 4. The van der Waals surface area contributed by atoms with Crippen molar-refractivity contribution < 1.29 is 14.9 Å². The number of nitrogens with one attached hydrogen (secondary N) is 1. The van der Waals surface area contributed by atoms with E-state index in [2.05, 4.69) is 20.3 Å². The Morgan fingerprint density at radius 2 is 1.82 bits per heavy atom. The van der Waals surface area contributed by atoms with E-state index >= 15 is 0 Å². The number of hydrogen-bond acceptors (Lipinski definition) is 9. The van der Waals surface area contributed by atoms with E-state index in [0.717, 1.165) is 16.5 Å². The van der Waals surface area contributed by atoms with E-state index in [1.54, 1.807) is 23.9 Å². The molecule has 3 heterocycles. The lowest BCUT2D eigenvalue weighted by Crippen LogP contribution is -2.26. The van der Waals surface area contributed by atoms with Crippen molar-refractivity contribution in [3.8, 4) is 22.7 Å². The number of nitrogens with zero attached hydrogens (tertiary/aromatic N) is 4. The molecule has 10 heteroatoms. The van der Waals surface area contributed by atoms with Gasteiger partial charge in [-0.25, -0.2) is 9.97 Å². The van der Waals surface area contributed by atoms with Gasteiger partial charge in [-0.15, -0.1) is 0 Å². The van der Waals surface area contributed by atoms with Crippen LogP contribution < -0.4 is 21.3 Å². The number of anilines is 2. The molecule has 0 aliphatic rings. The van der Waals surface area contributed by atoms with Crippen LogP contribution in [-0.4, -0.2) is 36.8 Å². The fraction of sp³-hybridized carbons (Fsp3) is 0.143. The molecule has 0 radical (unpaired) electrons. The van der Waals surface area contributed by atoms with E-state index in [4.69, 9.17) is 10.5 Å². The Hall–Kier alpha value is -4.80. The van der Waals surface area contributed by atoms with Crippen molar-refractivity contribution in [2.75, 3.05) is 18.2 Å². The van der Waals surface area contributed by atoms with Crippen molar-refractivity contribution in [2.45, 2.75) is 19.3 Å². The SMILES string of the molecule is COc1cc(-c2cccc3cc([C@H](C)Nc4nc(N)ncc4C(O)O)n(-c4ccccc4)c(=O)c23)ccn1. The summed E-state index contributed by atoms with van der Waals surface area (Å²) in [6.07, 6.45) is 1.09. The molecule has 0 saturated heterocycles. The van der Waals surface area contributed by atoms with Crippen molar-refractivity contribution in [1.82, 2.24) is 19.5 Å². The summed E-state index contributed by atoms with van der Waals surface area (Å²) in [4.78, 5) is 26.4. The Labute approximate surface area is 218 Å². The average Bonchev–Trinajstić information content (AvgIpc) is 2.93. The second-order valence-corrected chi connectivity index (χ2v) is 8.67. The number of methoxy groups -OCH3 is 1. The van der Waals surface area contributed by atoms with Crippen molar-refractivity contribution in [3.63, 3.8) is 0 Å². The number of nitrogen functional groups attached to an aromatic ring is 1. The minimum atomic E-state index is -1.81. The predicted octanol–water partition coefficient (Wildman–Crippen LogP) is 3.59. The van der Waals surface area contributed by atoms with Crippen LogP contribution in [0.1, 0.15) is 30.5 Å². The van der Waals surface area contributed by atoms with Crippen molar-refractivity contribution >= 4 is 22.5 Å². The van der Waals surface area contributed by atoms with Gasteiger partial charge in [0.2, 0.25) is 11.8 Å². The highest BCUT2D eigenvalue weighted by Gasteiger charge is 2.21. The molecule has 0 fully saturated rings. The molecule has 2 aromatic carbocycles. The van der Waals surface area contributed by atoms with Crippen LogP contribution in [0.2, 0.25) is 0 Å². The van der Waals surface area contributed by atoms with Crippen molar-refractivity contribution in [3.05, 3.63) is 101 Å². The number of aromatic nitrogens is 4. The second kappa shape index (κ2) is 10.3. The monoisotopic (exact) mass is 510 g/mol. The lowest BCUT2D eigenvalue weighted by atomic mass is 9.98. The van der Waals surface area contributed by atoms with Crippen LogP contribution >= 0.6 is 0 Å². The quantitative estimate of drug-likeness (QED) is 0.241. The van der Waals surface area contributed by atoms with Gasteiger partial charge in [0.05, 0.1) is 24.1 Å². The molecule has 5 N–H and O–H groups in total. The Morgan fingerprint density at radius 1 is 1.03 bits per heavy atom. The summed E-state index contributed by atoms with van der Waals surface area (Å²) in [6, 6.07) is 20.0. The maximum Gasteiger partial charge on any atom is 0.263 e. The molecule has 0 unspecified atom stereocenters. The third kappa shape index (κ3) is 4.65. The molecular weight excluding hydrogens is 484 g/mol. The topological polar surface area (TPSA) is 148 Å². The van der Waals surface area contributed by atoms with E-state index < -0.39 is 12.3 Å². The van der Waals surface area contributed by atoms with Gasteiger partial charge in [-0.2, -0.15) is 4.98 Å². The van der Waals surface area contributed by atoms with Gasteiger partial charge < -0.3 is 26.0 Å². The minimum absolute atomic E-state index is 0.0273. The highest BCUT2D eigenvalue weighted by molar-refractivity contribution is 5.96. The van der Waals surface area contributed by atoms with Crippen LogP contribution in [0, 0.1) is 0 Å². The summed E-state index contributed by atoms with van der Waals surface area (Å²) in [5, 5.41) is 24.1. The highest BCUT2D eigenvalue weighted by atomic mass is 16.5. The first kappa shape index (κ1) is 24.9. The predicted molar refractivity (Wildman–Crippen MR) is 145 cm³/mol. The van der Waals surface area contributed by atoms with Gasteiger partial charge in [-0.05, 0) is 47.7 Å². The Morgan fingerprint density at radius 3 is 2.55 bits per heavy atom. The highest BCUT2D eigenvalue weighted by Crippen LogP contribution is 2.31. The number of nitrogens with two attached hydrogens (primary N) is 1. The fourth-order valence-electron chi connectivity index (χ4n) is 4.46. The molecule has 0 bridgehead atoms. The number of ether oxygens (including phenoxy) is 1. The van der Waals surface area contributed by atoms with Crippen LogP contribution in [0.25, 0.3) is 27.6 Å². The van der Waals surface area contributed by atoms with Gasteiger partial charge in [-0.1, -0.05) is 36.4 Å². The Balaban J connectivity index is 1.73. The first-order chi connectivity index (χ1) is 18.4. The molecule has 5 aromatic rings. The summed E-state index contributed by atoms with van der Waals surface area (Å²) >= 11 is 0. The van der Waals surface area contributed by atoms with E-state index in [-0.39, 0.29) is 22.9 Å². The van der Waals surface area contributed by atoms with Gasteiger partial charge in [0.25, 0.3) is 5.56 Å². The molecule has 3 aromatic heterocycles. The van der Waals surface area contributed by atoms with E-state index in [1.807, 2.05) is 67.6 Å². The first-order valence-corrected chi connectivity index (χ1v) is 11.9. The lowest BCUT2D eigenvalue weighted by Gasteiger charge is -2.23. The van der Waals surface area contributed by atoms with E-state index in [1.165, 1.54) is 6.20 Å². The maximum absolute atomic E-state index is 14.2. The second-order valence-electron chi connectivity index (χ2n) is 8.67. The van der Waals surface area contributed by atoms with Crippen molar-refractivity contribution in [2.24, 2.45) is 0 Å². The molecule has 1 atom stereocenters. The Kier molecular flexibility index (Phi) is 6.73. The summed E-state index contributed by atoms with van der Waals surface area (Å²) in [5.41, 5.74) is 8.47. The van der Waals surface area contributed by atoms with Gasteiger partial charge >= 0.3 is 0 Å². The van der Waals surface area contributed by atoms with Gasteiger partial charge in [0.15, 0.2) is 6.29 Å². The van der Waals surface area contributed by atoms with Crippen LogP contribution in [-0.2, 0) is 0 Å². The van der Waals surface area contributed by atoms with E-state index in [0.29, 0.717) is 22.6 Å². The van der Waals surface area contributed by atoms with Gasteiger partial charge in [-0.3, -0.25) is 9.36 Å². The van der Waals surface area contributed by atoms with Crippen LogP contribution in [0.4, 0.5) is 11.8 Å². The largest absolute Gasteiger partial charge is 0.481 e. The minimum Gasteiger partial charge on any atom is -0.481 e. The zero-order valence-corrected chi connectivity index (χ0v) is 20.7. The molecule has 0 amide bonds. The zero-order chi connectivity index (χ0) is 26.8. The summed E-state index contributed by atoms with van der Waals surface area (Å²) in [7, 11) is 1.55. The average molecular weight is 511 g/mol. The smallest absolute Gasteiger partial charge is 0.263 e. The molecule has 0 saturated carbocycles. The summed E-state index contributed by atoms with van der Waals surface area (Å²) in [6.45, 7) is 1.85. The standard InChI is InChI=1S/C28H26N6O4/c1-16(32-25-21(27(36)37)15-31-28(29)33-25)22-13-18-7-6-10-20(17-11-12-30-23(14-17)38-2)24(18)26(35)34(22)19-8-4-3-5-9-19/h3-16,27,36-37H,1-2H3,(H3,29,31,32,33)/t16-/m0/s1. The van der Waals surface area contributed by atoms with Gasteiger partial charge in [0, 0.05) is 29.8 Å². The molecular formula is C28H26N6O4. The molecule has 10 nitrogen and oxygen atoms in total. The number of rotatable bonds is 7. The lowest BCUT2D eigenvalue weighted by molar-refractivity contribution is -0.0423. The van der Waals surface area contributed by atoms with Gasteiger partial charge in [0.1, 0.15) is 5.82 Å².